The van der Waals surface area contributed by atoms with E-state index in [1.807, 2.05) is 60.3 Å². The summed E-state index contributed by atoms with van der Waals surface area (Å²) in [4.78, 5) is 9.20. The summed E-state index contributed by atoms with van der Waals surface area (Å²) < 4.78 is 1.99. The first-order chi connectivity index (χ1) is 19.4. The molecular formula is C36H30IrN3O-. The number of aromatic hydroxyl groups is 1. The zero-order valence-electron chi connectivity index (χ0n) is 23.4. The van der Waals surface area contributed by atoms with E-state index in [0.29, 0.717) is 0 Å². The predicted octanol–water partition coefficient (Wildman–Crippen LogP) is 8.72. The summed E-state index contributed by atoms with van der Waals surface area (Å²) in [6.45, 7) is 6.33. The summed E-state index contributed by atoms with van der Waals surface area (Å²) in [6, 6.07) is 36.1. The van der Waals surface area contributed by atoms with Crippen LogP contribution < -0.4 is 0 Å². The smallest absolute Gasteiger partial charge is 0.144 e. The van der Waals surface area contributed by atoms with E-state index >= 15 is 0 Å². The second kappa shape index (κ2) is 11.7. The Kier molecular flexibility index (Phi) is 8.03. The molecule has 0 unspecified atom stereocenters. The van der Waals surface area contributed by atoms with E-state index in [1.165, 1.54) is 32.7 Å². The standard InChI is InChI=1S/C22H18N.C14H12N2O.Ir/c1-14-4-6-19-17(11-14)5-7-21-20(19)8-9-23-22(21)18-12-15(2)10-16(3)13-18;1-16-12-8-4-3-7-11(12)15-14(16)10-6-2-5-9-13(10)17;/h4-12H,1-3H3;2-9,17H,1H3;/q-1;;. The molecule has 1 N–H and O–H groups in total. The van der Waals surface area contributed by atoms with Crippen molar-refractivity contribution < 1.29 is 25.2 Å². The number of pyridine rings is 1. The molecule has 0 aliphatic heterocycles. The Hall–Kier alpha value is -4.31. The number of phenols is 1. The largest absolute Gasteiger partial charge is 0.507 e. The van der Waals surface area contributed by atoms with Gasteiger partial charge in [-0.2, -0.15) is 0 Å². The number of hydrogen-bond donors (Lipinski definition) is 1. The van der Waals surface area contributed by atoms with Crippen LogP contribution in [0, 0.1) is 26.8 Å². The molecule has 0 atom stereocenters. The van der Waals surface area contributed by atoms with Crippen LogP contribution in [0.3, 0.4) is 0 Å². The summed E-state index contributed by atoms with van der Waals surface area (Å²) in [5.41, 5.74) is 8.51. The maximum absolute atomic E-state index is 9.86. The van der Waals surface area contributed by atoms with E-state index < -0.39 is 0 Å². The van der Waals surface area contributed by atoms with E-state index in [9.17, 15) is 5.11 Å². The van der Waals surface area contributed by atoms with Gasteiger partial charge in [-0.25, -0.2) is 4.98 Å². The number of phenolic OH excluding ortho intramolecular Hbond substituents is 1. The van der Waals surface area contributed by atoms with E-state index in [4.69, 9.17) is 0 Å². The third-order valence-corrected chi connectivity index (χ3v) is 7.25. The van der Waals surface area contributed by atoms with Crippen molar-refractivity contribution in [2.75, 3.05) is 0 Å². The fraction of sp³-hybridized carbons (Fsp3) is 0.111. The van der Waals surface area contributed by atoms with Crippen molar-refractivity contribution >= 4 is 32.6 Å². The average Bonchev–Trinajstić information content (AvgIpc) is 3.28. The van der Waals surface area contributed by atoms with Gasteiger partial charge >= 0.3 is 0 Å². The van der Waals surface area contributed by atoms with Crippen LogP contribution in [-0.2, 0) is 27.2 Å². The molecule has 5 heteroatoms. The topological polar surface area (TPSA) is 50.9 Å². The van der Waals surface area contributed by atoms with Crippen LogP contribution in [0.1, 0.15) is 16.7 Å². The van der Waals surface area contributed by atoms with E-state index in [1.54, 1.807) is 6.07 Å². The first kappa shape index (κ1) is 28.2. The van der Waals surface area contributed by atoms with Crippen molar-refractivity contribution in [2.24, 2.45) is 7.05 Å². The van der Waals surface area contributed by atoms with Gasteiger partial charge in [0, 0.05) is 33.3 Å². The Morgan fingerprint density at radius 3 is 2.27 bits per heavy atom. The van der Waals surface area contributed by atoms with Gasteiger partial charge in [0.05, 0.1) is 16.6 Å². The molecule has 0 fully saturated rings. The number of benzene rings is 5. The molecule has 1 radical (unpaired) electrons. The minimum Gasteiger partial charge on any atom is -0.507 e. The normalized spacial score (nSPS) is 10.8. The van der Waals surface area contributed by atoms with Crippen molar-refractivity contribution in [2.45, 2.75) is 20.8 Å². The van der Waals surface area contributed by atoms with E-state index in [-0.39, 0.29) is 25.9 Å². The first-order valence-corrected chi connectivity index (χ1v) is 13.4. The molecule has 5 aromatic carbocycles. The van der Waals surface area contributed by atoms with Crippen molar-refractivity contribution in [1.29, 1.82) is 0 Å². The number of fused-ring (bicyclic) bond motifs is 4. The molecule has 2 heterocycles. The van der Waals surface area contributed by atoms with Crippen molar-refractivity contribution in [3.63, 3.8) is 0 Å². The molecular weight excluding hydrogens is 683 g/mol. The molecule has 41 heavy (non-hydrogen) atoms. The molecule has 2 aromatic heterocycles. The average molecular weight is 713 g/mol. The summed E-state index contributed by atoms with van der Waals surface area (Å²) in [6.07, 6.45) is 1.91. The van der Waals surface area contributed by atoms with Crippen molar-refractivity contribution in [3.8, 4) is 28.4 Å². The fourth-order valence-electron chi connectivity index (χ4n) is 5.40. The summed E-state index contributed by atoms with van der Waals surface area (Å²) in [7, 11) is 1.96. The van der Waals surface area contributed by atoms with Gasteiger partial charge in [-0.15, -0.1) is 34.9 Å². The number of aromatic nitrogens is 3. The minimum absolute atomic E-state index is 0. The van der Waals surface area contributed by atoms with Crippen LogP contribution in [0.25, 0.3) is 55.2 Å². The molecule has 7 rings (SSSR count). The van der Waals surface area contributed by atoms with Gasteiger partial charge in [0.1, 0.15) is 11.6 Å². The van der Waals surface area contributed by atoms with Crippen LogP contribution in [0.5, 0.6) is 5.75 Å². The number of rotatable bonds is 2. The molecule has 205 valence electrons. The van der Waals surface area contributed by atoms with Gasteiger partial charge in [-0.3, -0.25) is 0 Å². The van der Waals surface area contributed by atoms with Gasteiger partial charge < -0.3 is 14.7 Å². The van der Waals surface area contributed by atoms with Crippen LogP contribution in [0.15, 0.2) is 103 Å². The second-order valence-corrected chi connectivity index (χ2v) is 10.3. The number of nitrogens with zero attached hydrogens (tertiary/aromatic N) is 3. The molecule has 0 aliphatic carbocycles. The van der Waals surface area contributed by atoms with Crippen LogP contribution in [0.2, 0.25) is 0 Å². The fourth-order valence-corrected chi connectivity index (χ4v) is 5.40. The van der Waals surface area contributed by atoms with Gasteiger partial charge in [0.2, 0.25) is 0 Å². The molecule has 4 nitrogen and oxygen atoms in total. The first-order valence-electron chi connectivity index (χ1n) is 13.4. The van der Waals surface area contributed by atoms with Crippen molar-refractivity contribution in [1.82, 2.24) is 14.5 Å². The molecule has 0 saturated heterocycles. The van der Waals surface area contributed by atoms with E-state index in [2.05, 4.69) is 85.3 Å². The Morgan fingerprint density at radius 1 is 0.732 bits per heavy atom. The monoisotopic (exact) mass is 713 g/mol. The van der Waals surface area contributed by atoms with Gasteiger partial charge in [0.25, 0.3) is 0 Å². The maximum Gasteiger partial charge on any atom is 0.144 e. The third kappa shape index (κ3) is 5.52. The zero-order chi connectivity index (χ0) is 27.8. The van der Waals surface area contributed by atoms with E-state index in [0.717, 1.165) is 39.2 Å². The Morgan fingerprint density at radius 2 is 1.49 bits per heavy atom. The summed E-state index contributed by atoms with van der Waals surface area (Å²) >= 11 is 0. The number of imidazole rings is 1. The van der Waals surface area contributed by atoms with Gasteiger partial charge in [-0.05, 0) is 64.5 Å². The summed E-state index contributed by atoms with van der Waals surface area (Å²) in [5, 5.41) is 14.9. The number of para-hydroxylation sites is 3. The SMILES string of the molecule is Cc1[c-]c(-c2nccc3c2ccc2cc(C)ccc23)cc(C)c1.Cn1c(-c2ccccc2O)nc2ccccc21.[Ir]. The third-order valence-electron chi connectivity index (χ3n) is 7.25. The molecule has 0 amide bonds. The summed E-state index contributed by atoms with van der Waals surface area (Å²) in [5.74, 6) is 1.04. The van der Waals surface area contributed by atoms with Crippen LogP contribution in [0.4, 0.5) is 0 Å². The number of aryl methyl sites for hydroxylation is 4. The Balaban J connectivity index is 0.000000168. The Labute approximate surface area is 253 Å². The van der Waals surface area contributed by atoms with Crippen molar-refractivity contribution in [3.05, 3.63) is 126 Å². The maximum atomic E-state index is 9.86. The quantitative estimate of drug-likeness (QED) is 0.144. The predicted molar refractivity (Wildman–Crippen MR) is 166 cm³/mol. The Bertz CT molecular complexity index is 2010. The second-order valence-electron chi connectivity index (χ2n) is 10.3. The molecule has 0 bridgehead atoms. The zero-order valence-corrected chi connectivity index (χ0v) is 25.8. The molecule has 0 saturated carbocycles. The van der Waals surface area contributed by atoms with Crippen LogP contribution >= 0.6 is 0 Å². The molecule has 0 spiro atoms. The number of hydrogen-bond acceptors (Lipinski definition) is 3. The minimum atomic E-state index is 0. The van der Waals surface area contributed by atoms with Gasteiger partial charge in [0.15, 0.2) is 0 Å². The van der Waals surface area contributed by atoms with Crippen LogP contribution in [-0.4, -0.2) is 19.6 Å². The molecule has 0 aliphatic rings. The molecule has 7 aromatic rings. The van der Waals surface area contributed by atoms with Gasteiger partial charge in [-0.1, -0.05) is 74.0 Å².